The Hall–Kier alpha value is -1.04. The van der Waals surface area contributed by atoms with E-state index in [2.05, 4.69) is 0 Å². The summed E-state index contributed by atoms with van der Waals surface area (Å²) in [4.78, 5) is 0. The smallest absolute Gasteiger partial charge is 0.491 e. The molecule has 0 aromatic heterocycles. The molecular weight excluding hydrogens is 219 g/mol. The van der Waals surface area contributed by atoms with Gasteiger partial charge in [0.25, 0.3) is 0 Å². The van der Waals surface area contributed by atoms with Crippen LogP contribution in [0, 0.1) is 0 Å². The van der Waals surface area contributed by atoms with Crippen molar-refractivity contribution in [3.05, 3.63) is 24.3 Å². The summed E-state index contributed by atoms with van der Waals surface area (Å²) in [5, 5.41) is 29.1. The molecule has 0 fully saturated rings. The molecule has 3 N–H and O–H groups in total. The normalized spacial score (nSPS) is 12.6. The van der Waals surface area contributed by atoms with Crippen molar-refractivity contribution in [1.82, 2.24) is 0 Å². The summed E-state index contributed by atoms with van der Waals surface area (Å²) < 4.78 is 5.44. The van der Waals surface area contributed by atoms with Crippen LogP contribution in [-0.4, -0.2) is 33.6 Å². The zero-order chi connectivity index (χ0) is 13.3. The first-order chi connectivity index (χ1) is 7.63. The van der Waals surface area contributed by atoms with Crippen LogP contribution in [0.1, 0.15) is 27.7 Å². The lowest BCUT2D eigenvalue weighted by Crippen LogP contribution is -2.53. The number of aliphatic hydroxyl groups is 1. The van der Waals surface area contributed by atoms with E-state index in [9.17, 15) is 15.2 Å². The van der Waals surface area contributed by atoms with Gasteiger partial charge >= 0.3 is 7.12 Å². The van der Waals surface area contributed by atoms with Gasteiger partial charge in [-0.2, -0.15) is 0 Å². The van der Waals surface area contributed by atoms with Gasteiger partial charge in [0.05, 0.1) is 11.2 Å². The van der Waals surface area contributed by atoms with Gasteiger partial charge in [0.2, 0.25) is 0 Å². The first-order valence-corrected chi connectivity index (χ1v) is 5.51. The Kier molecular flexibility index (Phi) is 3.86. The fraction of sp³-hybridized carbons (Fsp3) is 0.500. The van der Waals surface area contributed by atoms with Gasteiger partial charge in [0, 0.05) is 0 Å². The molecule has 1 aromatic carbocycles. The molecule has 0 aliphatic carbocycles. The van der Waals surface area contributed by atoms with Crippen LogP contribution in [0.4, 0.5) is 0 Å². The minimum Gasteiger partial charge on any atom is -0.508 e. The Labute approximate surface area is 102 Å². The van der Waals surface area contributed by atoms with Gasteiger partial charge in [0.15, 0.2) is 0 Å². The molecule has 0 aliphatic heterocycles. The highest BCUT2D eigenvalue weighted by atomic mass is 16.5. The van der Waals surface area contributed by atoms with Crippen LogP contribution in [0.25, 0.3) is 0 Å². The van der Waals surface area contributed by atoms with Gasteiger partial charge < -0.3 is 19.9 Å². The highest BCUT2D eigenvalue weighted by Crippen LogP contribution is 2.25. The zero-order valence-corrected chi connectivity index (χ0v) is 10.6. The van der Waals surface area contributed by atoms with Gasteiger partial charge in [0.1, 0.15) is 5.75 Å². The van der Waals surface area contributed by atoms with Crippen molar-refractivity contribution in [3.8, 4) is 5.75 Å². The van der Waals surface area contributed by atoms with Crippen LogP contribution >= 0.6 is 0 Å². The van der Waals surface area contributed by atoms with E-state index in [1.165, 1.54) is 12.1 Å². The van der Waals surface area contributed by atoms with Crippen LogP contribution in [0.2, 0.25) is 0 Å². The lowest BCUT2D eigenvalue weighted by atomic mass is 9.76. The molecule has 94 valence electrons. The predicted molar refractivity (Wildman–Crippen MR) is 67.2 cm³/mol. The van der Waals surface area contributed by atoms with Crippen molar-refractivity contribution in [1.29, 1.82) is 0 Å². The number of phenols is 1. The molecule has 0 bridgehead atoms. The maximum Gasteiger partial charge on any atom is 0.491 e. The lowest BCUT2D eigenvalue weighted by Gasteiger charge is -2.38. The van der Waals surface area contributed by atoms with Crippen molar-refractivity contribution in [2.24, 2.45) is 0 Å². The predicted octanol–water partition coefficient (Wildman–Crippen LogP) is 0.646. The first kappa shape index (κ1) is 14.0. The molecule has 0 radical (unpaired) electrons. The molecule has 1 rings (SSSR count). The van der Waals surface area contributed by atoms with E-state index in [4.69, 9.17) is 4.65 Å². The minimum atomic E-state index is -1.19. The van der Waals surface area contributed by atoms with Gasteiger partial charge in [-0.3, -0.25) is 0 Å². The van der Waals surface area contributed by atoms with Crippen LogP contribution < -0.4 is 5.46 Å². The lowest BCUT2D eigenvalue weighted by molar-refractivity contribution is -0.0982. The number of hydrogen-bond donors (Lipinski definition) is 3. The number of hydrogen-bond acceptors (Lipinski definition) is 4. The largest absolute Gasteiger partial charge is 0.508 e. The second-order valence-electron chi connectivity index (χ2n) is 5.13. The Bertz CT molecular complexity index is 384. The monoisotopic (exact) mass is 238 g/mol. The minimum absolute atomic E-state index is 0.0613. The van der Waals surface area contributed by atoms with Crippen molar-refractivity contribution in [2.45, 2.75) is 38.9 Å². The standard InChI is InChI=1S/C12H19BO4/c1-11(2,15)12(3,4)17-13(16)9-6-5-7-10(14)8-9/h5-8,14-16H,1-4H3. The molecule has 4 nitrogen and oxygen atoms in total. The number of benzene rings is 1. The quantitative estimate of drug-likeness (QED) is 0.673. The molecular formula is C12H19BO4. The van der Waals surface area contributed by atoms with E-state index >= 15 is 0 Å². The van der Waals surface area contributed by atoms with E-state index in [-0.39, 0.29) is 5.75 Å². The van der Waals surface area contributed by atoms with Gasteiger partial charge in [-0.15, -0.1) is 0 Å². The molecule has 0 saturated heterocycles. The van der Waals surface area contributed by atoms with Crippen LogP contribution in [0.3, 0.4) is 0 Å². The van der Waals surface area contributed by atoms with Crippen molar-refractivity contribution in [2.75, 3.05) is 0 Å². The third-order valence-electron chi connectivity index (χ3n) is 3.03. The van der Waals surface area contributed by atoms with E-state index in [1.54, 1.807) is 39.8 Å². The van der Waals surface area contributed by atoms with Crippen molar-refractivity contribution >= 4 is 12.6 Å². The summed E-state index contributed by atoms with van der Waals surface area (Å²) in [5.41, 5.74) is -1.56. The summed E-state index contributed by atoms with van der Waals surface area (Å²) >= 11 is 0. The Balaban J connectivity index is 2.83. The van der Waals surface area contributed by atoms with E-state index in [1.807, 2.05) is 0 Å². The summed E-state index contributed by atoms with van der Waals surface area (Å²) in [6.45, 7) is 6.61. The third-order valence-corrected chi connectivity index (χ3v) is 3.03. The van der Waals surface area contributed by atoms with E-state index in [0.29, 0.717) is 5.46 Å². The van der Waals surface area contributed by atoms with E-state index in [0.717, 1.165) is 0 Å². The molecule has 0 spiro atoms. The van der Waals surface area contributed by atoms with Crippen LogP contribution in [0.5, 0.6) is 5.75 Å². The summed E-state index contributed by atoms with van der Waals surface area (Å²) in [6.07, 6.45) is 0. The molecule has 17 heavy (non-hydrogen) atoms. The van der Waals surface area contributed by atoms with Gasteiger partial charge in [-0.1, -0.05) is 12.1 Å². The number of phenolic OH excluding ortho intramolecular Hbond substituents is 1. The maximum absolute atomic E-state index is 9.91. The van der Waals surface area contributed by atoms with Crippen molar-refractivity contribution in [3.63, 3.8) is 0 Å². The number of aromatic hydroxyl groups is 1. The summed E-state index contributed by atoms with van der Waals surface area (Å²) in [5.74, 6) is 0.0613. The molecule has 0 unspecified atom stereocenters. The second-order valence-corrected chi connectivity index (χ2v) is 5.13. The average Bonchev–Trinajstić information content (AvgIpc) is 2.15. The fourth-order valence-corrected chi connectivity index (χ4v) is 1.17. The molecule has 0 saturated carbocycles. The molecule has 0 atom stereocenters. The van der Waals surface area contributed by atoms with Gasteiger partial charge in [-0.05, 0) is 45.3 Å². The topological polar surface area (TPSA) is 69.9 Å². The highest BCUT2D eigenvalue weighted by molar-refractivity contribution is 6.60. The third kappa shape index (κ3) is 3.46. The second kappa shape index (κ2) is 4.68. The first-order valence-electron chi connectivity index (χ1n) is 5.51. The zero-order valence-electron chi connectivity index (χ0n) is 10.6. The molecule has 1 aromatic rings. The summed E-state index contributed by atoms with van der Waals surface area (Å²) in [6, 6.07) is 6.20. The fourth-order valence-electron chi connectivity index (χ4n) is 1.17. The molecule has 0 amide bonds. The Morgan fingerprint density at radius 3 is 2.24 bits per heavy atom. The number of rotatable bonds is 4. The van der Waals surface area contributed by atoms with E-state index < -0.39 is 18.3 Å². The Morgan fingerprint density at radius 1 is 1.18 bits per heavy atom. The molecule has 0 aliphatic rings. The molecule has 0 heterocycles. The summed E-state index contributed by atoms with van der Waals surface area (Å²) in [7, 11) is -1.19. The van der Waals surface area contributed by atoms with Crippen LogP contribution in [-0.2, 0) is 4.65 Å². The molecule has 5 heteroatoms. The average molecular weight is 238 g/mol. The highest BCUT2D eigenvalue weighted by Gasteiger charge is 2.39. The Morgan fingerprint density at radius 2 is 1.76 bits per heavy atom. The van der Waals surface area contributed by atoms with Gasteiger partial charge in [-0.25, -0.2) is 0 Å². The maximum atomic E-state index is 9.91. The SMILES string of the molecule is CC(C)(O)C(C)(C)OB(O)c1cccc(O)c1. The van der Waals surface area contributed by atoms with Crippen LogP contribution in [0.15, 0.2) is 24.3 Å². The van der Waals surface area contributed by atoms with Crippen molar-refractivity contribution < 1.29 is 19.9 Å².